The molecule has 5 heteroatoms. The van der Waals surface area contributed by atoms with Gasteiger partial charge >= 0.3 is 0 Å². The number of benzene rings is 1. The van der Waals surface area contributed by atoms with Crippen LogP contribution in [0.2, 0.25) is 5.02 Å². The molecule has 0 saturated carbocycles. The van der Waals surface area contributed by atoms with Crippen molar-refractivity contribution in [3.05, 3.63) is 58.4 Å². The highest BCUT2D eigenvalue weighted by Crippen LogP contribution is 2.11. The van der Waals surface area contributed by atoms with Crippen molar-refractivity contribution in [2.45, 2.75) is 13.5 Å². The van der Waals surface area contributed by atoms with Gasteiger partial charge in [-0.1, -0.05) is 23.7 Å². The molecule has 0 aliphatic carbocycles. The second kappa shape index (κ2) is 5.92. The Morgan fingerprint density at radius 3 is 2.45 bits per heavy atom. The zero-order valence-electron chi connectivity index (χ0n) is 11.3. The molecule has 0 aliphatic rings. The maximum Gasteiger partial charge on any atom is 0.268 e. The number of hydrogen-bond donors (Lipinski definition) is 1. The van der Waals surface area contributed by atoms with Crippen LogP contribution in [0.15, 0.2) is 36.5 Å². The number of rotatable bonds is 4. The lowest BCUT2D eigenvalue weighted by atomic mass is 10.2. The van der Waals surface area contributed by atoms with Gasteiger partial charge in [0.15, 0.2) is 5.78 Å². The standard InChI is InChI=1S/C15H15ClN2O2/c1-10(19)12-7-14(18(2)9-12)15(20)17-8-11-3-5-13(16)6-4-11/h3-7,9H,8H2,1-2H3,(H,17,20). The third kappa shape index (κ3) is 3.27. The van der Waals surface area contributed by atoms with Crippen molar-refractivity contribution < 1.29 is 9.59 Å². The molecule has 0 fully saturated rings. The average Bonchev–Trinajstić information content (AvgIpc) is 2.80. The van der Waals surface area contributed by atoms with E-state index in [9.17, 15) is 9.59 Å². The molecule has 0 radical (unpaired) electrons. The average molecular weight is 291 g/mol. The Hall–Kier alpha value is -2.07. The summed E-state index contributed by atoms with van der Waals surface area (Å²) < 4.78 is 1.65. The molecule has 0 unspecified atom stereocenters. The van der Waals surface area contributed by atoms with E-state index in [1.807, 2.05) is 12.1 Å². The molecule has 0 atom stereocenters. The van der Waals surface area contributed by atoms with E-state index in [1.165, 1.54) is 6.92 Å². The number of nitrogens with zero attached hydrogens (tertiary/aromatic N) is 1. The minimum atomic E-state index is -0.213. The number of Topliss-reactive ketones (excluding diaryl/α,β-unsaturated/α-hetero) is 1. The summed E-state index contributed by atoms with van der Waals surface area (Å²) >= 11 is 5.80. The van der Waals surface area contributed by atoms with Crippen LogP contribution < -0.4 is 5.32 Å². The number of aromatic nitrogens is 1. The number of carbonyl (C=O) groups is 2. The van der Waals surface area contributed by atoms with Crippen LogP contribution in [0.1, 0.15) is 33.3 Å². The molecule has 1 N–H and O–H groups in total. The van der Waals surface area contributed by atoms with E-state index < -0.39 is 0 Å². The van der Waals surface area contributed by atoms with Crippen LogP contribution in [-0.2, 0) is 13.6 Å². The van der Waals surface area contributed by atoms with Gasteiger partial charge < -0.3 is 9.88 Å². The van der Waals surface area contributed by atoms with Crippen molar-refractivity contribution in [2.75, 3.05) is 0 Å². The molecule has 0 aliphatic heterocycles. The van der Waals surface area contributed by atoms with E-state index in [1.54, 1.807) is 36.0 Å². The van der Waals surface area contributed by atoms with E-state index in [0.717, 1.165) is 5.56 Å². The van der Waals surface area contributed by atoms with Gasteiger partial charge in [-0.05, 0) is 30.7 Å². The number of nitrogens with one attached hydrogen (secondary N) is 1. The minimum absolute atomic E-state index is 0.0580. The smallest absolute Gasteiger partial charge is 0.268 e. The summed E-state index contributed by atoms with van der Waals surface area (Å²) in [5, 5.41) is 3.47. The highest BCUT2D eigenvalue weighted by Gasteiger charge is 2.13. The molecule has 1 heterocycles. The predicted molar refractivity (Wildman–Crippen MR) is 78.0 cm³/mol. The summed E-state index contributed by atoms with van der Waals surface area (Å²) in [5.74, 6) is -0.271. The first-order valence-electron chi connectivity index (χ1n) is 6.17. The molecular formula is C15H15ClN2O2. The molecule has 1 aromatic carbocycles. The first kappa shape index (κ1) is 14.3. The van der Waals surface area contributed by atoms with Crippen LogP contribution in [0.3, 0.4) is 0 Å². The van der Waals surface area contributed by atoms with Crippen molar-refractivity contribution in [1.29, 1.82) is 0 Å². The zero-order valence-corrected chi connectivity index (χ0v) is 12.1. The van der Waals surface area contributed by atoms with Gasteiger partial charge in [-0.2, -0.15) is 0 Å². The quantitative estimate of drug-likeness (QED) is 0.880. The molecular weight excluding hydrogens is 276 g/mol. The Bertz CT molecular complexity index is 644. The molecule has 2 rings (SSSR count). The lowest BCUT2D eigenvalue weighted by molar-refractivity contribution is 0.0942. The van der Waals surface area contributed by atoms with Crippen LogP contribution >= 0.6 is 11.6 Å². The summed E-state index contributed by atoms with van der Waals surface area (Å²) in [5.41, 5.74) is 1.96. The summed E-state index contributed by atoms with van der Waals surface area (Å²) in [6.07, 6.45) is 1.65. The van der Waals surface area contributed by atoms with E-state index >= 15 is 0 Å². The summed E-state index contributed by atoms with van der Waals surface area (Å²) in [6.45, 7) is 1.89. The molecule has 1 aromatic heterocycles. The second-order valence-corrected chi connectivity index (χ2v) is 5.03. The van der Waals surface area contributed by atoms with Crippen LogP contribution in [0.4, 0.5) is 0 Å². The van der Waals surface area contributed by atoms with Crippen LogP contribution in [-0.4, -0.2) is 16.3 Å². The number of amides is 1. The van der Waals surface area contributed by atoms with E-state index in [2.05, 4.69) is 5.32 Å². The van der Waals surface area contributed by atoms with Crippen molar-refractivity contribution in [1.82, 2.24) is 9.88 Å². The summed E-state index contributed by atoms with van der Waals surface area (Å²) in [7, 11) is 1.74. The molecule has 104 valence electrons. The first-order valence-corrected chi connectivity index (χ1v) is 6.55. The number of carbonyl (C=O) groups excluding carboxylic acids is 2. The Balaban J connectivity index is 2.05. The van der Waals surface area contributed by atoms with E-state index in [0.29, 0.717) is 22.8 Å². The number of aryl methyl sites for hydroxylation is 1. The van der Waals surface area contributed by atoms with Gasteiger partial charge in [-0.25, -0.2) is 0 Å². The fourth-order valence-electron chi connectivity index (χ4n) is 1.86. The highest BCUT2D eigenvalue weighted by atomic mass is 35.5. The molecule has 1 amide bonds. The minimum Gasteiger partial charge on any atom is -0.347 e. The third-order valence-corrected chi connectivity index (χ3v) is 3.26. The van der Waals surface area contributed by atoms with Crippen molar-refractivity contribution in [3.8, 4) is 0 Å². The fraction of sp³-hybridized carbons (Fsp3) is 0.200. The zero-order chi connectivity index (χ0) is 14.7. The summed E-state index contributed by atoms with van der Waals surface area (Å²) in [4.78, 5) is 23.4. The Labute approximate surface area is 122 Å². The van der Waals surface area contributed by atoms with Crippen molar-refractivity contribution in [2.24, 2.45) is 7.05 Å². The SMILES string of the molecule is CC(=O)c1cc(C(=O)NCc2ccc(Cl)cc2)n(C)c1. The normalized spacial score (nSPS) is 10.3. The number of halogens is 1. The van der Waals surface area contributed by atoms with Crippen molar-refractivity contribution >= 4 is 23.3 Å². The topological polar surface area (TPSA) is 51.1 Å². The predicted octanol–water partition coefficient (Wildman–Crippen LogP) is 2.81. The number of hydrogen-bond acceptors (Lipinski definition) is 2. The second-order valence-electron chi connectivity index (χ2n) is 4.59. The van der Waals surface area contributed by atoms with E-state index in [-0.39, 0.29) is 11.7 Å². The fourth-order valence-corrected chi connectivity index (χ4v) is 1.98. The Kier molecular flexibility index (Phi) is 4.25. The van der Waals surface area contributed by atoms with Gasteiger partial charge in [0.05, 0.1) is 0 Å². The van der Waals surface area contributed by atoms with E-state index in [4.69, 9.17) is 11.6 Å². The highest BCUT2D eigenvalue weighted by molar-refractivity contribution is 6.30. The van der Waals surface area contributed by atoms with Gasteiger partial charge in [0.25, 0.3) is 5.91 Å². The molecule has 0 bridgehead atoms. The lowest BCUT2D eigenvalue weighted by Gasteiger charge is -2.06. The van der Waals surface area contributed by atoms with Gasteiger partial charge in [-0.15, -0.1) is 0 Å². The molecule has 0 saturated heterocycles. The molecule has 20 heavy (non-hydrogen) atoms. The van der Waals surface area contributed by atoms with Gasteiger partial charge in [0.2, 0.25) is 0 Å². The maximum atomic E-state index is 12.1. The third-order valence-electron chi connectivity index (χ3n) is 3.01. The van der Waals surface area contributed by atoms with Gasteiger partial charge in [0, 0.05) is 30.4 Å². The lowest BCUT2D eigenvalue weighted by Crippen LogP contribution is -2.24. The largest absolute Gasteiger partial charge is 0.347 e. The molecule has 2 aromatic rings. The van der Waals surface area contributed by atoms with Crippen LogP contribution in [0, 0.1) is 0 Å². The Morgan fingerprint density at radius 2 is 1.90 bits per heavy atom. The van der Waals surface area contributed by atoms with Crippen LogP contribution in [0.5, 0.6) is 0 Å². The summed E-state index contributed by atoms with van der Waals surface area (Å²) in [6, 6.07) is 8.86. The Morgan fingerprint density at radius 1 is 1.25 bits per heavy atom. The van der Waals surface area contributed by atoms with Crippen molar-refractivity contribution in [3.63, 3.8) is 0 Å². The van der Waals surface area contributed by atoms with Gasteiger partial charge in [-0.3, -0.25) is 9.59 Å². The monoisotopic (exact) mass is 290 g/mol. The first-order chi connectivity index (χ1) is 9.47. The number of ketones is 1. The molecule has 4 nitrogen and oxygen atoms in total. The molecule has 0 spiro atoms. The maximum absolute atomic E-state index is 12.1. The van der Waals surface area contributed by atoms with Gasteiger partial charge in [0.1, 0.15) is 5.69 Å². The van der Waals surface area contributed by atoms with Crippen LogP contribution in [0.25, 0.3) is 0 Å².